The fraction of sp³-hybridized carbons (Fsp3) is 0.316. The van der Waals surface area contributed by atoms with Crippen LogP contribution in [0.4, 0.5) is 11.5 Å². The fourth-order valence-electron chi connectivity index (χ4n) is 3.64. The third kappa shape index (κ3) is 3.04. The zero-order valence-electron chi connectivity index (χ0n) is 15.7. The molecule has 9 nitrogen and oxygen atoms in total. The maximum Gasteiger partial charge on any atom is 0.245 e. The number of amides is 2. The Morgan fingerprint density at radius 2 is 2.07 bits per heavy atom. The molecule has 0 spiro atoms. The summed E-state index contributed by atoms with van der Waals surface area (Å²) in [6.07, 6.45) is 3.63. The summed E-state index contributed by atoms with van der Waals surface area (Å²) in [4.78, 5) is 38.8. The number of aromatic nitrogens is 4. The second-order valence-electron chi connectivity index (χ2n) is 6.89. The molecule has 9 heteroatoms. The highest BCUT2D eigenvalue weighted by molar-refractivity contribution is 5.90. The molecule has 0 radical (unpaired) electrons. The average Bonchev–Trinajstić information content (AvgIpc) is 3.12. The van der Waals surface area contributed by atoms with E-state index in [9.17, 15) is 9.59 Å². The Hall–Kier alpha value is -3.49. The van der Waals surface area contributed by atoms with E-state index in [2.05, 4.69) is 20.3 Å². The van der Waals surface area contributed by atoms with Crippen LogP contribution in [-0.2, 0) is 22.6 Å². The Morgan fingerprint density at radius 1 is 1.25 bits per heavy atom. The molecule has 1 atom stereocenters. The summed E-state index contributed by atoms with van der Waals surface area (Å²) in [5.41, 5.74) is 9.82. The van der Waals surface area contributed by atoms with Gasteiger partial charge in [0.1, 0.15) is 17.9 Å². The predicted molar refractivity (Wildman–Crippen MR) is 104 cm³/mol. The predicted octanol–water partition coefficient (Wildman–Crippen LogP) is 1.51. The van der Waals surface area contributed by atoms with Crippen molar-refractivity contribution in [2.45, 2.75) is 32.9 Å². The Morgan fingerprint density at radius 3 is 2.86 bits per heavy atom. The Bertz CT molecular complexity index is 1080. The van der Waals surface area contributed by atoms with Gasteiger partial charge in [-0.2, -0.15) is 0 Å². The van der Waals surface area contributed by atoms with E-state index in [1.165, 1.54) is 13.3 Å². The molecule has 28 heavy (non-hydrogen) atoms. The molecule has 1 aromatic carbocycles. The van der Waals surface area contributed by atoms with Crippen molar-refractivity contribution in [3.05, 3.63) is 42.0 Å². The third-order valence-electron chi connectivity index (χ3n) is 5.05. The number of imidazole rings is 1. The summed E-state index contributed by atoms with van der Waals surface area (Å²) in [6, 6.07) is 5.30. The van der Waals surface area contributed by atoms with Gasteiger partial charge in [-0.15, -0.1) is 0 Å². The van der Waals surface area contributed by atoms with Gasteiger partial charge in [-0.05, 0) is 30.5 Å². The number of anilines is 2. The molecule has 0 aliphatic carbocycles. The van der Waals surface area contributed by atoms with E-state index in [1.807, 2.05) is 30.0 Å². The van der Waals surface area contributed by atoms with E-state index < -0.39 is 6.04 Å². The van der Waals surface area contributed by atoms with Crippen LogP contribution in [0.3, 0.4) is 0 Å². The van der Waals surface area contributed by atoms with E-state index in [1.54, 1.807) is 10.9 Å². The molecule has 3 N–H and O–H groups in total. The summed E-state index contributed by atoms with van der Waals surface area (Å²) in [5, 5.41) is 2.87. The van der Waals surface area contributed by atoms with Gasteiger partial charge in [0, 0.05) is 25.7 Å². The highest BCUT2D eigenvalue weighted by Gasteiger charge is 2.28. The van der Waals surface area contributed by atoms with Crippen LogP contribution in [0.25, 0.3) is 11.2 Å². The minimum atomic E-state index is -0.473. The van der Waals surface area contributed by atoms with Crippen LogP contribution in [0.1, 0.15) is 31.0 Å². The number of rotatable bonds is 3. The number of nitrogens with zero attached hydrogens (tertiary/aromatic N) is 5. The van der Waals surface area contributed by atoms with Gasteiger partial charge in [-0.25, -0.2) is 15.0 Å². The summed E-state index contributed by atoms with van der Waals surface area (Å²) >= 11 is 0. The first-order valence-corrected chi connectivity index (χ1v) is 9.06. The van der Waals surface area contributed by atoms with Crippen LogP contribution in [0, 0.1) is 0 Å². The Kier molecular flexibility index (Phi) is 4.42. The first-order valence-electron chi connectivity index (χ1n) is 9.06. The van der Waals surface area contributed by atoms with Gasteiger partial charge < -0.3 is 20.5 Å². The second kappa shape index (κ2) is 6.91. The number of hydrogen-bond donors (Lipinski definition) is 2. The van der Waals surface area contributed by atoms with Crippen LogP contribution in [-0.4, -0.2) is 42.8 Å². The monoisotopic (exact) mass is 379 g/mol. The van der Waals surface area contributed by atoms with Crippen LogP contribution in [0.2, 0.25) is 0 Å². The largest absolute Gasteiger partial charge is 0.382 e. The molecule has 0 saturated heterocycles. The van der Waals surface area contributed by atoms with Crippen molar-refractivity contribution < 1.29 is 9.59 Å². The van der Waals surface area contributed by atoms with E-state index in [4.69, 9.17) is 5.73 Å². The van der Waals surface area contributed by atoms with Gasteiger partial charge in [0.25, 0.3) is 0 Å². The van der Waals surface area contributed by atoms with Crippen LogP contribution >= 0.6 is 0 Å². The lowest BCUT2D eigenvalue weighted by atomic mass is 9.97. The van der Waals surface area contributed by atoms with Crippen molar-refractivity contribution in [2.75, 3.05) is 17.6 Å². The van der Waals surface area contributed by atoms with Crippen LogP contribution in [0.5, 0.6) is 0 Å². The highest BCUT2D eigenvalue weighted by Crippen LogP contribution is 2.28. The molecule has 0 bridgehead atoms. The number of nitrogens with one attached hydrogen (secondary N) is 1. The minimum absolute atomic E-state index is 0.0212. The van der Waals surface area contributed by atoms with Gasteiger partial charge >= 0.3 is 0 Å². The molecule has 1 aliphatic rings. The number of carbonyl (C=O) groups is 2. The van der Waals surface area contributed by atoms with Crippen molar-refractivity contribution in [3.8, 4) is 0 Å². The molecule has 4 rings (SSSR count). The lowest BCUT2D eigenvalue weighted by Crippen LogP contribution is -2.40. The molecule has 1 unspecified atom stereocenters. The SMILES string of the molecule is CC(=O)Nc1cccc2c1CCN(C(=O)C(C)n1cnc3c(N)ncnc31)C2. The van der Waals surface area contributed by atoms with Crippen LogP contribution < -0.4 is 11.1 Å². The smallest absolute Gasteiger partial charge is 0.245 e. The molecule has 144 valence electrons. The van der Waals surface area contributed by atoms with E-state index >= 15 is 0 Å². The van der Waals surface area contributed by atoms with Gasteiger partial charge in [0.15, 0.2) is 11.5 Å². The quantitative estimate of drug-likeness (QED) is 0.712. The molecular weight excluding hydrogens is 358 g/mol. The molecule has 1 aliphatic heterocycles. The van der Waals surface area contributed by atoms with Crippen molar-refractivity contribution in [1.29, 1.82) is 0 Å². The average molecular weight is 379 g/mol. The lowest BCUT2D eigenvalue weighted by Gasteiger charge is -2.32. The number of nitrogen functional groups attached to an aromatic ring is 1. The first kappa shape index (κ1) is 17.9. The summed E-state index contributed by atoms with van der Waals surface area (Å²) < 4.78 is 1.72. The van der Waals surface area contributed by atoms with Crippen molar-refractivity contribution >= 4 is 34.5 Å². The van der Waals surface area contributed by atoms with E-state index in [-0.39, 0.29) is 11.8 Å². The summed E-state index contributed by atoms with van der Waals surface area (Å²) in [6.45, 7) is 4.39. The zero-order chi connectivity index (χ0) is 19.8. The molecular formula is C19H21N7O2. The zero-order valence-corrected chi connectivity index (χ0v) is 15.7. The maximum atomic E-state index is 13.1. The normalized spacial score (nSPS) is 14.6. The number of benzene rings is 1. The molecule has 0 fully saturated rings. The molecule has 2 amide bonds. The number of nitrogens with two attached hydrogens (primary N) is 1. The number of fused-ring (bicyclic) bond motifs is 2. The lowest BCUT2D eigenvalue weighted by molar-refractivity contribution is -0.135. The van der Waals surface area contributed by atoms with Crippen molar-refractivity contribution in [3.63, 3.8) is 0 Å². The van der Waals surface area contributed by atoms with Gasteiger partial charge in [-0.3, -0.25) is 9.59 Å². The van der Waals surface area contributed by atoms with Gasteiger partial charge in [0.05, 0.1) is 6.33 Å². The Labute approximate surface area is 161 Å². The topological polar surface area (TPSA) is 119 Å². The fourth-order valence-corrected chi connectivity index (χ4v) is 3.64. The van der Waals surface area contributed by atoms with Crippen molar-refractivity contribution in [1.82, 2.24) is 24.4 Å². The van der Waals surface area contributed by atoms with Crippen molar-refractivity contribution in [2.24, 2.45) is 0 Å². The highest BCUT2D eigenvalue weighted by atomic mass is 16.2. The van der Waals surface area contributed by atoms with E-state index in [0.717, 1.165) is 16.8 Å². The van der Waals surface area contributed by atoms with Gasteiger partial charge in [-0.1, -0.05) is 12.1 Å². The molecule has 3 heterocycles. The maximum absolute atomic E-state index is 13.1. The number of carbonyl (C=O) groups excluding carboxylic acids is 2. The molecule has 0 saturated carbocycles. The van der Waals surface area contributed by atoms with E-state index in [0.29, 0.717) is 36.5 Å². The molecule has 2 aromatic heterocycles. The minimum Gasteiger partial charge on any atom is -0.382 e. The second-order valence-corrected chi connectivity index (χ2v) is 6.89. The number of hydrogen-bond acceptors (Lipinski definition) is 6. The molecule has 3 aromatic rings. The van der Waals surface area contributed by atoms with Crippen LogP contribution in [0.15, 0.2) is 30.9 Å². The summed E-state index contributed by atoms with van der Waals surface area (Å²) in [5.74, 6) is 0.168. The first-order chi connectivity index (χ1) is 13.5. The Balaban J connectivity index is 1.58. The standard InChI is InChI=1S/C19H21N7O2/c1-11(26-10-23-16-17(20)21-9-22-18(16)26)19(28)25-7-6-14-13(8-25)4-3-5-15(14)24-12(2)27/h3-5,9-11H,6-8H2,1-2H3,(H,24,27)(H2,20,21,22). The summed E-state index contributed by atoms with van der Waals surface area (Å²) in [7, 11) is 0. The van der Waals surface area contributed by atoms with Gasteiger partial charge in [0.2, 0.25) is 11.8 Å². The third-order valence-corrected chi connectivity index (χ3v) is 5.05.